The summed E-state index contributed by atoms with van der Waals surface area (Å²) in [5.41, 5.74) is 2.09. The number of imidazole rings is 1. The number of fused-ring (bicyclic) bond motifs is 1. The lowest BCUT2D eigenvalue weighted by molar-refractivity contribution is 0.0696. The van der Waals surface area contributed by atoms with E-state index in [-0.39, 0.29) is 5.56 Å². The second-order valence-corrected chi connectivity index (χ2v) is 5.62. The molecule has 1 saturated heterocycles. The molecular formula is C15H20N4O2. The van der Waals surface area contributed by atoms with Crippen LogP contribution in [-0.2, 0) is 6.42 Å². The number of aromatic carboxylic acids is 1. The molecule has 0 atom stereocenters. The average Bonchev–Trinajstić information content (AvgIpc) is 2.88. The lowest BCUT2D eigenvalue weighted by atomic mass is 10.2. The number of rotatable bonds is 4. The van der Waals surface area contributed by atoms with Crippen LogP contribution in [0.4, 0.5) is 0 Å². The highest BCUT2D eigenvalue weighted by atomic mass is 16.4. The van der Waals surface area contributed by atoms with Gasteiger partial charge in [0.05, 0.1) is 11.3 Å². The number of carboxylic acid groups (broad SMARTS) is 1. The molecule has 3 rings (SSSR count). The molecule has 3 heterocycles. The van der Waals surface area contributed by atoms with E-state index in [4.69, 9.17) is 5.11 Å². The third-order valence-corrected chi connectivity index (χ3v) is 4.03. The molecule has 0 spiro atoms. The Kier molecular flexibility index (Phi) is 3.90. The Bertz CT molecular complexity index is 644. The van der Waals surface area contributed by atoms with Gasteiger partial charge in [-0.1, -0.05) is 0 Å². The van der Waals surface area contributed by atoms with Gasteiger partial charge in [0.1, 0.15) is 5.65 Å². The van der Waals surface area contributed by atoms with Crippen LogP contribution in [0.25, 0.3) is 5.65 Å². The average molecular weight is 288 g/mol. The summed E-state index contributed by atoms with van der Waals surface area (Å²) < 4.78 is 1.79. The van der Waals surface area contributed by atoms with Gasteiger partial charge in [0, 0.05) is 51.5 Å². The van der Waals surface area contributed by atoms with Crippen molar-refractivity contribution in [3.05, 3.63) is 35.8 Å². The highest BCUT2D eigenvalue weighted by Gasteiger charge is 2.14. The fraction of sp³-hybridized carbons (Fsp3) is 0.467. The first-order valence-corrected chi connectivity index (χ1v) is 7.23. The van der Waals surface area contributed by atoms with Crippen molar-refractivity contribution in [2.24, 2.45) is 0 Å². The second-order valence-electron chi connectivity index (χ2n) is 5.62. The number of likely N-dealkylation sites (N-methyl/N-ethyl adjacent to an activating group) is 1. The molecule has 0 aliphatic carbocycles. The first-order chi connectivity index (χ1) is 10.1. The summed E-state index contributed by atoms with van der Waals surface area (Å²) in [6.07, 6.45) is 4.44. The fourth-order valence-corrected chi connectivity index (χ4v) is 2.64. The fourth-order valence-electron chi connectivity index (χ4n) is 2.64. The van der Waals surface area contributed by atoms with E-state index in [0.717, 1.165) is 50.5 Å². The lowest BCUT2D eigenvalue weighted by Crippen LogP contribution is -2.45. The number of nitrogens with zero attached hydrogens (tertiary/aromatic N) is 4. The molecule has 1 aliphatic heterocycles. The molecule has 0 radical (unpaired) electrons. The predicted molar refractivity (Wildman–Crippen MR) is 79.8 cm³/mol. The van der Waals surface area contributed by atoms with Crippen LogP contribution >= 0.6 is 0 Å². The summed E-state index contributed by atoms with van der Waals surface area (Å²) in [6, 6.07) is 3.34. The largest absolute Gasteiger partial charge is 0.478 e. The van der Waals surface area contributed by atoms with Crippen LogP contribution in [0.2, 0.25) is 0 Å². The van der Waals surface area contributed by atoms with Gasteiger partial charge in [-0.15, -0.1) is 0 Å². The third-order valence-electron chi connectivity index (χ3n) is 4.03. The standard InChI is InChI=1S/C15H20N4O2/c1-17-6-8-18(9-7-17)5-4-13-11-19-10-12(15(20)21)2-3-14(19)16-13/h2-3,10-11H,4-9H2,1H3,(H,20,21). The Balaban J connectivity index is 1.66. The van der Waals surface area contributed by atoms with Crippen LogP contribution in [0.15, 0.2) is 24.5 Å². The van der Waals surface area contributed by atoms with E-state index in [1.807, 2.05) is 6.20 Å². The van der Waals surface area contributed by atoms with Gasteiger partial charge >= 0.3 is 5.97 Å². The van der Waals surface area contributed by atoms with Crippen LogP contribution in [0.3, 0.4) is 0 Å². The molecule has 0 bridgehead atoms. The zero-order chi connectivity index (χ0) is 14.8. The molecular weight excluding hydrogens is 268 g/mol. The highest BCUT2D eigenvalue weighted by molar-refractivity contribution is 5.87. The Morgan fingerprint density at radius 3 is 2.71 bits per heavy atom. The topological polar surface area (TPSA) is 61.1 Å². The zero-order valence-electron chi connectivity index (χ0n) is 12.2. The summed E-state index contributed by atoms with van der Waals surface area (Å²) in [5.74, 6) is -0.912. The Labute approximate surface area is 123 Å². The van der Waals surface area contributed by atoms with Gasteiger partial charge in [-0.3, -0.25) is 0 Å². The van der Waals surface area contributed by atoms with Gasteiger partial charge in [-0.2, -0.15) is 0 Å². The van der Waals surface area contributed by atoms with Gasteiger partial charge in [0.2, 0.25) is 0 Å². The predicted octanol–water partition coefficient (Wildman–Crippen LogP) is 0.822. The lowest BCUT2D eigenvalue weighted by Gasteiger charge is -2.32. The minimum Gasteiger partial charge on any atom is -0.478 e. The van der Waals surface area contributed by atoms with Crippen molar-refractivity contribution in [3.8, 4) is 0 Å². The van der Waals surface area contributed by atoms with E-state index in [2.05, 4.69) is 21.8 Å². The molecule has 1 aliphatic rings. The number of hydrogen-bond acceptors (Lipinski definition) is 4. The van der Waals surface area contributed by atoms with Crippen LogP contribution in [-0.4, -0.2) is 70.0 Å². The van der Waals surface area contributed by atoms with Gasteiger partial charge in [-0.25, -0.2) is 9.78 Å². The summed E-state index contributed by atoms with van der Waals surface area (Å²) in [6.45, 7) is 5.45. The minimum absolute atomic E-state index is 0.283. The normalized spacial score (nSPS) is 17.4. The molecule has 21 heavy (non-hydrogen) atoms. The SMILES string of the molecule is CN1CCN(CCc2cn3cc(C(=O)O)ccc3n2)CC1. The van der Waals surface area contributed by atoms with E-state index < -0.39 is 5.97 Å². The van der Waals surface area contributed by atoms with Crippen molar-refractivity contribution < 1.29 is 9.90 Å². The molecule has 1 N–H and O–H groups in total. The maximum absolute atomic E-state index is 11.0. The first-order valence-electron chi connectivity index (χ1n) is 7.23. The van der Waals surface area contributed by atoms with E-state index in [1.165, 1.54) is 0 Å². The Hall–Kier alpha value is -1.92. The highest BCUT2D eigenvalue weighted by Crippen LogP contribution is 2.09. The third kappa shape index (κ3) is 3.22. The van der Waals surface area contributed by atoms with Crippen molar-refractivity contribution in [1.82, 2.24) is 19.2 Å². The smallest absolute Gasteiger partial charge is 0.337 e. The van der Waals surface area contributed by atoms with Crippen molar-refractivity contribution >= 4 is 11.6 Å². The van der Waals surface area contributed by atoms with Gasteiger partial charge in [0.25, 0.3) is 0 Å². The second kappa shape index (κ2) is 5.83. The van der Waals surface area contributed by atoms with E-state index in [9.17, 15) is 4.79 Å². The van der Waals surface area contributed by atoms with Crippen LogP contribution < -0.4 is 0 Å². The maximum Gasteiger partial charge on any atom is 0.337 e. The van der Waals surface area contributed by atoms with E-state index in [0.29, 0.717) is 0 Å². The molecule has 0 aromatic carbocycles. The van der Waals surface area contributed by atoms with Crippen LogP contribution in [0.1, 0.15) is 16.1 Å². The Morgan fingerprint density at radius 1 is 1.24 bits per heavy atom. The van der Waals surface area contributed by atoms with Crippen molar-refractivity contribution in [3.63, 3.8) is 0 Å². The quantitative estimate of drug-likeness (QED) is 0.902. The van der Waals surface area contributed by atoms with E-state index >= 15 is 0 Å². The molecule has 0 amide bonds. The molecule has 1 fully saturated rings. The molecule has 0 unspecified atom stereocenters. The monoisotopic (exact) mass is 288 g/mol. The number of piperazine rings is 1. The Morgan fingerprint density at radius 2 is 2.00 bits per heavy atom. The van der Waals surface area contributed by atoms with Gasteiger partial charge < -0.3 is 19.3 Å². The van der Waals surface area contributed by atoms with Crippen molar-refractivity contribution in [1.29, 1.82) is 0 Å². The molecule has 0 saturated carbocycles. The summed E-state index contributed by atoms with van der Waals surface area (Å²) in [5, 5.41) is 9.00. The number of pyridine rings is 1. The molecule has 112 valence electrons. The molecule has 6 nitrogen and oxygen atoms in total. The van der Waals surface area contributed by atoms with Crippen molar-refractivity contribution in [2.75, 3.05) is 39.8 Å². The maximum atomic E-state index is 11.0. The zero-order valence-corrected chi connectivity index (χ0v) is 12.2. The van der Waals surface area contributed by atoms with Gasteiger partial charge in [-0.05, 0) is 19.2 Å². The molecule has 2 aromatic rings. The summed E-state index contributed by atoms with van der Waals surface area (Å²) >= 11 is 0. The summed E-state index contributed by atoms with van der Waals surface area (Å²) in [4.78, 5) is 20.3. The number of hydrogen-bond donors (Lipinski definition) is 1. The minimum atomic E-state index is -0.912. The number of aromatic nitrogens is 2. The van der Waals surface area contributed by atoms with Crippen LogP contribution in [0.5, 0.6) is 0 Å². The summed E-state index contributed by atoms with van der Waals surface area (Å²) in [7, 11) is 2.15. The molecule has 6 heteroatoms. The van der Waals surface area contributed by atoms with Crippen molar-refractivity contribution in [2.45, 2.75) is 6.42 Å². The first kappa shape index (κ1) is 14.0. The van der Waals surface area contributed by atoms with Crippen LogP contribution in [0, 0.1) is 0 Å². The van der Waals surface area contributed by atoms with Gasteiger partial charge in [0.15, 0.2) is 0 Å². The number of carbonyl (C=O) groups is 1. The molecule has 2 aromatic heterocycles. The van der Waals surface area contributed by atoms with E-state index in [1.54, 1.807) is 22.7 Å². The number of carboxylic acids is 1.